The van der Waals surface area contributed by atoms with Crippen LogP contribution in [0.2, 0.25) is 0 Å². The summed E-state index contributed by atoms with van der Waals surface area (Å²) in [6.07, 6.45) is 13.5. The normalized spacial score (nSPS) is 19.0. The third-order valence-electron chi connectivity index (χ3n) is 5.36. The van der Waals surface area contributed by atoms with E-state index in [-0.39, 0.29) is 0 Å². The van der Waals surface area contributed by atoms with Gasteiger partial charge in [0.25, 0.3) is 0 Å². The van der Waals surface area contributed by atoms with Gasteiger partial charge in [0.15, 0.2) is 5.67 Å². The summed E-state index contributed by atoms with van der Waals surface area (Å²) in [7, 11) is 0. The number of unbranched alkanes of at least 4 members (excludes halogenated alkanes) is 1. The summed E-state index contributed by atoms with van der Waals surface area (Å²) in [5.41, 5.74) is 3.53. The predicted molar refractivity (Wildman–Crippen MR) is 115 cm³/mol. The maximum Gasteiger partial charge on any atom is 0.165 e. The lowest BCUT2D eigenvalue weighted by Crippen LogP contribution is -2.23. The number of hydrogen-bond acceptors (Lipinski definition) is 0. The second kappa shape index (κ2) is 8.99. The van der Waals surface area contributed by atoms with Gasteiger partial charge in [-0.15, -0.1) is 6.58 Å². The number of benzene rings is 2. The SMILES string of the molecule is C=CCCc1ccc(C2(F)CC=CC=C2c2ccc(CCCC)cc2)cc1. The van der Waals surface area contributed by atoms with Crippen LogP contribution in [0, 0.1) is 0 Å². The van der Waals surface area contributed by atoms with Gasteiger partial charge < -0.3 is 0 Å². The summed E-state index contributed by atoms with van der Waals surface area (Å²) in [4.78, 5) is 0. The molecule has 3 rings (SSSR count). The Kier molecular flexibility index (Phi) is 6.45. The first-order valence-electron chi connectivity index (χ1n) is 10.0. The van der Waals surface area contributed by atoms with E-state index in [9.17, 15) is 0 Å². The second-order valence-electron chi connectivity index (χ2n) is 7.34. The monoisotopic (exact) mass is 360 g/mol. The first-order valence-corrected chi connectivity index (χ1v) is 10.0. The molecule has 27 heavy (non-hydrogen) atoms. The highest BCUT2D eigenvalue weighted by atomic mass is 19.1. The molecule has 0 saturated carbocycles. The quantitative estimate of drug-likeness (QED) is 0.431. The van der Waals surface area contributed by atoms with Crippen LogP contribution in [0.3, 0.4) is 0 Å². The van der Waals surface area contributed by atoms with Crippen molar-refractivity contribution < 1.29 is 4.39 Å². The molecule has 1 atom stereocenters. The molecule has 0 spiro atoms. The molecule has 0 radical (unpaired) electrons. The average Bonchev–Trinajstić information content (AvgIpc) is 2.72. The summed E-state index contributed by atoms with van der Waals surface area (Å²) >= 11 is 0. The van der Waals surface area contributed by atoms with E-state index >= 15 is 4.39 Å². The van der Waals surface area contributed by atoms with Crippen molar-refractivity contribution in [3.8, 4) is 0 Å². The predicted octanol–water partition coefficient (Wildman–Crippen LogP) is 7.36. The van der Waals surface area contributed by atoms with E-state index in [2.05, 4.69) is 37.8 Å². The molecule has 1 aliphatic carbocycles. The Balaban J connectivity index is 1.86. The number of aryl methyl sites for hydroxylation is 2. The van der Waals surface area contributed by atoms with Crippen molar-refractivity contribution in [1.29, 1.82) is 0 Å². The second-order valence-corrected chi connectivity index (χ2v) is 7.34. The highest BCUT2D eigenvalue weighted by Crippen LogP contribution is 2.45. The van der Waals surface area contributed by atoms with Crippen molar-refractivity contribution in [2.75, 3.05) is 0 Å². The van der Waals surface area contributed by atoms with Crippen molar-refractivity contribution in [3.05, 3.63) is 102 Å². The van der Waals surface area contributed by atoms with Crippen molar-refractivity contribution in [2.45, 2.75) is 51.1 Å². The first kappa shape index (κ1) is 19.4. The summed E-state index contributed by atoms with van der Waals surface area (Å²) < 4.78 is 16.2. The lowest BCUT2D eigenvalue weighted by atomic mass is 9.78. The van der Waals surface area contributed by atoms with Crippen LogP contribution in [-0.2, 0) is 18.5 Å². The molecule has 1 heteroatoms. The molecule has 0 amide bonds. The summed E-state index contributed by atoms with van der Waals surface area (Å²) in [6.45, 7) is 5.97. The molecule has 0 aromatic heterocycles. The van der Waals surface area contributed by atoms with Crippen molar-refractivity contribution >= 4 is 5.57 Å². The van der Waals surface area contributed by atoms with Crippen LogP contribution in [0.25, 0.3) is 5.57 Å². The van der Waals surface area contributed by atoms with E-state index in [1.54, 1.807) is 0 Å². The maximum atomic E-state index is 16.2. The molecule has 1 aliphatic rings. The number of alkyl halides is 1. The van der Waals surface area contributed by atoms with E-state index in [0.29, 0.717) is 6.42 Å². The topological polar surface area (TPSA) is 0 Å². The minimum Gasteiger partial charge on any atom is -0.233 e. The number of hydrogen-bond donors (Lipinski definition) is 0. The number of halogens is 1. The standard InChI is InChI=1S/C26H29F/c1-3-5-9-21-12-16-23(17-13-21)25-11-7-8-20-26(25,27)24-18-14-22(15-19-24)10-6-4-2/h4,7-8,11-19H,2-3,5-6,9-10,20H2,1H3. The Morgan fingerprint density at radius 3 is 2.33 bits per heavy atom. The largest absolute Gasteiger partial charge is 0.233 e. The van der Waals surface area contributed by atoms with Crippen LogP contribution >= 0.6 is 0 Å². The van der Waals surface area contributed by atoms with Crippen molar-refractivity contribution in [3.63, 3.8) is 0 Å². The van der Waals surface area contributed by atoms with Crippen LogP contribution in [-0.4, -0.2) is 0 Å². The van der Waals surface area contributed by atoms with Gasteiger partial charge in [-0.05, 0) is 47.9 Å². The summed E-state index contributed by atoms with van der Waals surface area (Å²) in [6, 6.07) is 16.4. The van der Waals surface area contributed by atoms with E-state index in [0.717, 1.165) is 36.0 Å². The third-order valence-corrected chi connectivity index (χ3v) is 5.36. The van der Waals surface area contributed by atoms with Gasteiger partial charge in [0, 0.05) is 12.0 Å². The van der Waals surface area contributed by atoms with Crippen molar-refractivity contribution in [2.24, 2.45) is 0 Å². The molecule has 0 aliphatic heterocycles. The Morgan fingerprint density at radius 2 is 1.67 bits per heavy atom. The van der Waals surface area contributed by atoms with Crippen LogP contribution < -0.4 is 0 Å². The molecular formula is C26H29F. The fourth-order valence-corrected chi connectivity index (χ4v) is 3.67. The maximum absolute atomic E-state index is 16.2. The molecule has 1 unspecified atom stereocenters. The molecule has 0 fully saturated rings. The van der Waals surface area contributed by atoms with Gasteiger partial charge in [0.2, 0.25) is 0 Å². The van der Waals surface area contributed by atoms with E-state index in [4.69, 9.17) is 0 Å². The van der Waals surface area contributed by atoms with E-state index in [1.807, 2.05) is 48.6 Å². The Bertz CT molecular complexity index is 808. The molecule has 0 bridgehead atoms. The minimum atomic E-state index is -1.48. The zero-order valence-corrected chi connectivity index (χ0v) is 16.3. The lowest BCUT2D eigenvalue weighted by Gasteiger charge is -2.30. The molecule has 0 heterocycles. The van der Waals surface area contributed by atoms with Crippen LogP contribution in [0.15, 0.2) is 79.4 Å². The Morgan fingerprint density at radius 1 is 1.00 bits per heavy atom. The first-order chi connectivity index (χ1) is 13.2. The summed E-state index contributed by atoms with van der Waals surface area (Å²) in [5.74, 6) is 0. The zero-order valence-electron chi connectivity index (χ0n) is 16.3. The van der Waals surface area contributed by atoms with Gasteiger partial charge in [0.05, 0.1) is 0 Å². The van der Waals surface area contributed by atoms with Gasteiger partial charge in [0.1, 0.15) is 0 Å². The number of allylic oxidation sites excluding steroid dienone is 5. The van der Waals surface area contributed by atoms with Gasteiger partial charge >= 0.3 is 0 Å². The van der Waals surface area contributed by atoms with E-state index in [1.165, 1.54) is 24.0 Å². The molecule has 2 aromatic rings. The van der Waals surface area contributed by atoms with Gasteiger partial charge in [-0.3, -0.25) is 0 Å². The zero-order chi connectivity index (χ0) is 19.1. The molecule has 2 aromatic carbocycles. The summed E-state index contributed by atoms with van der Waals surface area (Å²) in [5, 5.41) is 0. The van der Waals surface area contributed by atoms with Gasteiger partial charge in [-0.25, -0.2) is 4.39 Å². The Hall–Kier alpha value is -2.41. The van der Waals surface area contributed by atoms with Crippen LogP contribution in [0.4, 0.5) is 4.39 Å². The minimum absolute atomic E-state index is 0.377. The fourth-order valence-electron chi connectivity index (χ4n) is 3.67. The highest BCUT2D eigenvalue weighted by molar-refractivity contribution is 5.76. The van der Waals surface area contributed by atoms with Gasteiger partial charge in [-0.2, -0.15) is 0 Å². The third kappa shape index (κ3) is 4.47. The average molecular weight is 361 g/mol. The van der Waals surface area contributed by atoms with Crippen LogP contribution in [0.5, 0.6) is 0 Å². The fraction of sp³-hybridized carbons (Fsp3) is 0.308. The van der Waals surface area contributed by atoms with E-state index < -0.39 is 5.67 Å². The van der Waals surface area contributed by atoms with Crippen LogP contribution in [0.1, 0.15) is 54.9 Å². The molecular weight excluding hydrogens is 331 g/mol. The highest BCUT2D eigenvalue weighted by Gasteiger charge is 2.37. The lowest BCUT2D eigenvalue weighted by molar-refractivity contribution is 0.249. The molecule has 0 N–H and O–H groups in total. The smallest absolute Gasteiger partial charge is 0.165 e. The Labute approximate surface area is 163 Å². The molecule has 0 saturated heterocycles. The van der Waals surface area contributed by atoms with Gasteiger partial charge in [-0.1, -0.05) is 86.2 Å². The molecule has 140 valence electrons. The number of rotatable bonds is 8. The van der Waals surface area contributed by atoms with Crippen molar-refractivity contribution in [1.82, 2.24) is 0 Å². The molecule has 0 nitrogen and oxygen atoms in total.